The van der Waals surface area contributed by atoms with Crippen LogP contribution in [0.3, 0.4) is 0 Å². The molecule has 0 aromatic heterocycles. The van der Waals surface area contributed by atoms with Gasteiger partial charge in [0.1, 0.15) is 22.0 Å². The van der Waals surface area contributed by atoms with Gasteiger partial charge >= 0.3 is 0 Å². The second-order valence-corrected chi connectivity index (χ2v) is 8.41. The number of phenolic OH excluding ortho intramolecular Hbond substituents is 2. The molecule has 0 aliphatic carbocycles. The van der Waals surface area contributed by atoms with E-state index in [-0.39, 0.29) is 39.3 Å². The number of benzene rings is 3. The van der Waals surface area contributed by atoms with E-state index in [4.69, 9.17) is 4.55 Å². The number of rotatable bonds is 4. The number of aromatic hydroxyl groups is 2. The summed E-state index contributed by atoms with van der Waals surface area (Å²) in [6, 6.07) is 9.79. The molecule has 3 rings (SSSR count). The van der Waals surface area contributed by atoms with Crippen LogP contribution in [0.1, 0.15) is 0 Å². The Labute approximate surface area is 175 Å². The van der Waals surface area contributed by atoms with E-state index < -0.39 is 41.5 Å². The first-order chi connectivity index (χ1) is 13.0. The van der Waals surface area contributed by atoms with Crippen molar-refractivity contribution in [3.8, 4) is 11.5 Å². The van der Waals surface area contributed by atoms with Crippen LogP contribution < -0.4 is 0 Å². The summed E-state index contributed by atoms with van der Waals surface area (Å²) in [5.74, 6) is -1.15. The molecule has 0 saturated carbocycles. The zero-order valence-electron chi connectivity index (χ0n) is 14.1. The molecular formula is C16H12CuN2O8S2. The van der Waals surface area contributed by atoms with Gasteiger partial charge < -0.3 is 10.2 Å². The van der Waals surface area contributed by atoms with Crippen molar-refractivity contribution in [1.29, 1.82) is 0 Å². The van der Waals surface area contributed by atoms with E-state index >= 15 is 0 Å². The molecule has 0 aliphatic rings. The minimum absolute atomic E-state index is 0. The van der Waals surface area contributed by atoms with Crippen LogP contribution in [0.15, 0.2) is 68.6 Å². The number of para-hydroxylation sites is 1. The van der Waals surface area contributed by atoms with E-state index in [1.54, 1.807) is 6.07 Å². The van der Waals surface area contributed by atoms with Crippen LogP contribution in [0, 0.1) is 0 Å². The molecule has 0 spiro atoms. The standard InChI is InChI=1S/C16H12N2O8S2.Cu/c19-13-4-2-1-3-12(13)17-18-15-11-6-5-10(27(21,22)23)7-9(11)8-14(16(15)20)28(24,25)26;/h1-8,19-20H,(H,21,22,23)(H,24,25,26);. The van der Waals surface area contributed by atoms with Gasteiger partial charge in [-0.05, 0) is 35.7 Å². The summed E-state index contributed by atoms with van der Waals surface area (Å²) in [4.78, 5) is -1.46. The third-order valence-corrected chi connectivity index (χ3v) is 5.45. The molecular weight excluding hydrogens is 476 g/mol. The van der Waals surface area contributed by atoms with Crippen molar-refractivity contribution in [3.05, 3.63) is 48.5 Å². The van der Waals surface area contributed by atoms with Crippen molar-refractivity contribution in [2.75, 3.05) is 0 Å². The summed E-state index contributed by atoms with van der Waals surface area (Å²) in [6.07, 6.45) is 0. The van der Waals surface area contributed by atoms with Crippen LogP contribution >= 0.6 is 0 Å². The third kappa shape index (κ3) is 4.72. The molecule has 29 heavy (non-hydrogen) atoms. The number of fused-ring (bicyclic) bond motifs is 1. The Balaban J connectivity index is 0.00000300. The Morgan fingerprint density at radius 2 is 1.45 bits per heavy atom. The number of phenols is 2. The van der Waals surface area contributed by atoms with Gasteiger partial charge in [0.2, 0.25) is 0 Å². The van der Waals surface area contributed by atoms with Gasteiger partial charge in [-0.2, -0.15) is 16.8 Å². The van der Waals surface area contributed by atoms with Gasteiger partial charge in [0.05, 0.1) is 4.90 Å². The SMILES string of the molecule is O=S(=O)(O)c1ccc2c(N=Nc3ccccc3O)c(O)c(S(=O)(=O)O)cc2c1.[Cu]. The smallest absolute Gasteiger partial charge is 0.298 e. The molecule has 0 fully saturated rings. The van der Waals surface area contributed by atoms with Gasteiger partial charge in [0.15, 0.2) is 5.75 Å². The second kappa shape index (κ2) is 8.06. The van der Waals surface area contributed by atoms with E-state index in [0.717, 1.165) is 18.2 Å². The summed E-state index contributed by atoms with van der Waals surface area (Å²) in [5.41, 5.74) is -0.378. The fourth-order valence-corrected chi connectivity index (χ4v) is 3.57. The predicted molar refractivity (Wildman–Crippen MR) is 97.5 cm³/mol. The monoisotopic (exact) mass is 487 g/mol. The third-order valence-electron chi connectivity index (χ3n) is 3.74. The van der Waals surface area contributed by atoms with Crippen molar-refractivity contribution >= 4 is 42.4 Å². The van der Waals surface area contributed by atoms with Crippen LogP contribution in [0.4, 0.5) is 11.4 Å². The van der Waals surface area contributed by atoms with Crippen molar-refractivity contribution in [2.45, 2.75) is 9.79 Å². The van der Waals surface area contributed by atoms with Crippen molar-refractivity contribution in [2.24, 2.45) is 10.2 Å². The van der Waals surface area contributed by atoms with Crippen LogP contribution in [-0.2, 0) is 37.3 Å². The molecule has 10 nitrogen and oxygen atoms in total. The molecule has 4 N–H and O–H groups in total. The maximum absolute atomic E-state index is 11.6. The molecule has 0 saturated heterocycles. The van der Waals surface area contributed by atoms with Crippen LogP contribution in [0.25, 0.3) is 10.8 Å². The molecule has 157 valence electrons. The van der Waals surface area contributed by atoms with E-state index in [2.05, 4.69) is 10.2 Å². The largest absolute Gasteiger partial charge is 0.506 e. The van der Waals surface area contributed by atoms with Crippen LogP contribution in [0.2, 0.25) is 0 Å². The van der Waals surface area contributed by atoms with Gasteiger partial charge in [-0.1, -0.05) is 18.2 Å². The maximum Gasteiger partial charge on any atom is 0.298 e. The topological polar surface area (TPSA) is 174 Å². The number of hydrogen-bond acceptors (Lipinski definition) is 8. The number of nitrogens with zero attached hydrogens (tertiary/aromatic N) is 2. The van der Waals surface area contributed by atoms with E-state index in [1.165, 1.54) is 24.3 Å². The van der Waals surface area contributed by atoms with Gasteiger partial charge in [-0.25, -0.2) is 0 Å². The molecule has 13 heteroatoms. The fourth-order valence-electron chi connectivity index (χ4n) is 2.44. The Bertz CT molecular complexity index is 1340. The Kier molecular flexibility index (Phi) is 6.33. The average Bonchev–Trinajstić information content (AvgIpc) is 2.59. The normalized spacial score (nSPS) is 12.2. The minimum Gasteiger partial charge on any atom is -0.506 e. The van der Waals surface area contributed by atoms with Gasteiger partial charge in [0.25, 0.3) is 20.2 Å². The Morgan fingerprint density at radius 3 is 2.03 bits per heavy atom. The molecule has 0 aliphatic heterocycles. The molecule has 0 unspecified atom stereocenters. The van der Waals surface area contributed by atoms with Gasteiger partial charge in [-0.3, -0.25) is 9.11 Å². The second-order valence-electron chi connectivity index (χ2n) is 5.59. The zero-order chi connectivity index (χ0) is 20.7. The molecule has 0 bridgehead atoms. The minimum atomic E-state index is -4.90. The molecule has 0 atom stereocenters. The quantitative estimate of drug-likeness (QED) is 0.246. The summed E-state index contributed by atoms with van der Waals surface area (Å²) in [5, 5.41) is 27.5. The van der Waals surface area contributed by atoms with E-state index in [0.29, 0.717) is 0 Å². The van der Waals surface area contributed by atoms with Crippen molar-refractivity contribution in [3.63, 3.8) is 0 Å². The first-order valence-corrected chi connectivity index (χ1v) is 10.3. The first-order valence-electron chi connectivity index (χ1n) is 7.43. The first kappa shape index (κ1) is 22.7. The fraction of sp³-hybridized carbons (Fsp3) is 0. The summed E-state index contributed by atoms with van der Waals surface area (Å²) < 4.78 is 64.3. The summed E-state index contributed by atoms with van der Waals surface area (Å²) in [6.45, 7) is 0. The van der Waals surface area contributed by atoms with Crippen LogP contribution in [0.5, 0.6) is 11.5 Å². The van der Waals surface area contributed by atoms with E-state index in [9.17, 15) is 31.6 Å². The summed E-state index contributed by atoms with van der Waals surface area (Å²) >= 11 is 0. The van der Waals surface area contributed by atoms with Crippen molar-refractivity contribution < 1.29 is 53.2 Å². The number of hydrogen-bond donors (Lipinski definition) is 4. The predicted octanol–water partition coefficient (Wildman–Crippen LogP) is 3.16. The zero-order valence-corrected chi connectivity index (χ0v) is 16.6. The maximum atomic E-state index is 11.6. The Morgan fingerprint density at radius 1 is 0.793 bits per heavy atom. The van der Waals surface area contributed by atoms with Gasteiger partial charge in [-0.15, -0.1) is 10.2 Å². The average molecular weight is 488 g/mol. The molecule has 1 radical (unpaired) electrons. The molecule has 3 aromatic carbocycles. The molecule has 0 amide bonds. The van der Waals surface area contributed by atoms with Crippen molar-refractivity contribution in [1.82, 2.24) is 0 Å². The van der Waals surface area contributed by atoms with Gasteiger partial charge in [0, 0.05) is 22.5 Å². The molecule has 3 aromatic rings. The van der Waals surface area contributed by atoms with E-state index in [1.807, 2.05) is 0 Å². The Hall–Kier alpha value is -2.54. The van der Waals surface area contributed by atoms with Crippen LogP contribution in [-0.4, -0.2) is 36.2 Å². The summed E-state index contributed by atoms with van der Waals surface area (Å²) in [7, 11) is -9.49. The molecule has 0 heterocycles. The number of azo groups is 1.